The van der Waals surface area contributed by atoms with E-state index >= 15 is 0 Å². The predicted molar refractivity (Wildman–Crippen MR) is 57.4 cm³/mol. The number of hydrogen-bond donors (Lipinski definition) is 4. The van der Waals surface area contributed by atoms with Gasteiger partial charge in [-0.1, -0.05) is 0 Å². The first-order chi connectivity index (χ1) is 7.46. The molecule has 88 valence electrons. The van der Waals surface area contributed by atoms with Gasteiger partial charge in [0.2, 0.25) is 5.75 Å². The van der Waals surface area contributed by atoms with E-state index in [1.165, 1.54) is 13.2 Å². The molecule has 0 bridgehead atoms. The fourth-order valence-corrected chi connectivity index (χ4v) is 2.05. The molecule has 5 heteroatoms. The van der Waals surface area contributed by atoms with Gasteiger partial charge in [0.15, 0.2) is 11.5 Å². The Balaban J connectivity index is 2.39. The van der Waals surface area contributed by atoms with Crippen LogP contribution >= 0.6 is 0 Å². The highest BCUT2D eigenvalue weighted by atomic mass is 16.5. The maximum atomic E-state index is 9.51. The van der Waals surface area contributed by atoms with E-state index in [-0.39, 0.29) is 17.2 Å². The summed E-state index contributed by atoms with van der Waals surface area (Å²) in [6, 6.07) is 2.99. The number of aromatic hydroxyl groups is 2. The molecular formula is C11H15NO4. The van der Waals surface area contributed by atoms with Crippen molar-refractivity contribution in [2.24, 2.45) is 5.73 Å². The minimum absolute atomic E-state index is 0.182. The molecule has 1 fully saturated rings. The zero-order chi connectivity index (χ0) is 11.9. The molecule has 0 atom stereocenters. The van der Waals surface area contributed by atoms with Crippen LogP contribution in [0.15, 0.2) is 12.1 Å². The van der Waals surface area contributed by atoms with Gasteiger partial charge in [0.05, 0.1) is 13.2 Å². The summed E-state index contributed by atoms with van der Waals surface area (Å²) in [5, 5.41) is 28.3. The second kappa shape index (κ2) is 3.54. The first-order valence-electron chi connectivity index (χ1n) is 5.03. The Hall–Kier alpha value is -1.46. The molecule has 1 aliphatic carbocycles. The molecule has 5 N–H and O–H groups in total. The average Bonchev–Trinajstić information content (AvgIpc) is 2.19. The molecule has 0 aromatic heterocycles. The van der Waals surface area contributed by atoms with E-state index in [1.807, 2.05) is 0 Å². The predicted octanol–water partition coefficient (Wildman–Crippen LogP) is 0.415. The van der Waals surface area contributed by atoms with Crippen molar-refractivity contribution < 1.29 is 20.1 Å². The number of benzene rings is 1. The van der Waals surface area contributed by atoms with Crippen molar-refractivity contribution in [1.82, 2.24) is 0 Å². The monoisotopic (exact) mass is 225 g/mol. The third-order valence-corrected chi connectivity index (χ3v) is 3.05. The van der Waals surface area contributed by atoms with Crippen LogP contribution in [0.2, 0.25) is 0 Å². The minimum atomic E-state index is -0.641. The lowest BCUT2D eigenvalue weighted by Crippen LogP contribution is -2.51. The number of hydrogen-bond acceptors (Lipinski definition) is 5. The number of aliphatic hydroxyl groups excluding tert-OH is 1. The number of rotatable bonds is 2. The van der Waals surface area contributed by atoms with Gasteiger partial charge < -0.3 is 25.8 Å². The van der Waals surface area contributed by atoms with Crippen LogP contribution in [0.3, 0.4) is 0 Å². The highest BCUT2D eigenvalue weighted by Gasteiger charge is 2.42. The molecule has 1 saturated carbocycles. The fraction of sp³-hybridized carbons (Fsp3) is 0.455. The Morgan fingerprint density at radius 2 is 2.00 bits per heavy atom. The van der Waals surface area contributed by atoms with Crippen LogP contribution in [0.4, 0.5) is 0 Å². The first-order valence-corrected chi connectivity index (χ1v) is 5.03. The van der Waals surface area contributed by atoms with Crippen LogP contribution in [-0.4, -0.2) is 28.5 Å². The zero-order valence-electron chi connectivity index (χ0n) is 8.97. The molecule has 0 radical (unpaired) electrons. The molecular weight excluding hydrogens is 210 g/mol. The minimum Gasteiger partial charge on any atom is -0.504 e. The van der Waals surface area contributed by atoms with Crippen LogP contribution in [0.5, 0.6) is 17.2 Å². The van der Waals surface area contributed by atoms with Crippen molar-refractivity contribution in [3.8, 4) is 17.2 Å². The van der Waals surface area contributed by atoms with Gasteiger partial charge in [-0.25, -0.2) is 0 Å². The summed E-state index contributed by atoms with van der Waals surface area (Å²) in [4.78, 5) is 0. The molecule has 16 heavy (non-hydrogen) atoms. The fourth-order valence-electron chi connectivity index (χ4n) is 2.05. The lowest BCUT2D eigenvalue weighted by atomic mass is 9.70. The normalized spacial score (nSPS) is 28.6. The number of ether oxygens (including phenoxy) is 1. The van der Waals surface area contributed by atoms with E-state index < -0.39 is 11.6 Å². The van der Waals surface area contributed by atoms with Crippen LogP contribution < -0.4 is 10.5 Å². The molecule has 0 unspecified atom stereocenters. The Morgan fingerprint density at radius 3 is 2.50 bits per heavy atom. The van der Waals surface area contributed by atoms with E-state index in [4.69, 9.17) is 10.5 Å². The molecule has 1 aromatic rings. The maximum absolute atomic E-state index is 9.51. The number of aliphatic hydroxyl groups is 1. The number of nitrogens with two attached hydrogens (primary N) is 1. The standard InChI is InChI=1S/C11H15NO4/c1-16-9-3-6(2-8(14)10(9)15)11(12)4-7(13)5-11/h2-3,7,13-15H,4-5,12H2,1H3. The molecule has 1 aliphatic rings. The van der Waals surface area contributed by atoms with Crippen molar-refractivity contribution in [3.05, 3.63) is 17.7 Å². The van der Waals surface area contributed by atoms with Gasteiger partial charge in [0.25, 0.3) is 0 Å². The second-order valence-corrected chi connectivity index (χ2v) is 4.26. The summed E-state index contributed by atoms with van der Waals surface area (Å²) in [5.74, 6) is -0.378. The average molecular weight is 225 g/mol. The van der Waals surface area contributed by atoms with Gasteiger partial charge in [0.1, 0.15) is 0 Å². The summed E-state index contributed by atoms with van der Waals surface area (Å²) in [7, 11) is 1.40. The molecule has 0 amide bonds. The Morgan fingerprint density at radius 1 is 1.38 bits per heavy atom. The lowest BCUT2D eigenvalue weighted by molar-refractivity contribution is 0.0207. The Labute approximate surface area is 93.1 Å². The SMILES string of the molecule is COc1cc(C2(N)CC(O)C2)cc(O)c1O. The van der Waals surface area contributed by atoms with E-state index in [9.17, 15) is 15.3 Å². The highest BCUT2D eigenvalue weighted by molar-refractivity contribution is 5.53. The molecule has 0 aliphatic heterocycles. The molecule has 0 saturated heterocycles. The zero-order valence-corrected chi connectivity index (χ0v) is 8.97. The Bertz CT molecular complexity index is 413. The maximum Gasteiger partial charge on any atom is 0.200 e. The van der Waals surface area contributed by atoms with Gasteiger partial charge in [-0.2, -0.15) is 0 Å². The van der Waals surface area contributed by atoms with Crippen LogP contribution in [0.1, 0.15) is 18.4 Å². The smallest absolute Gasteiger partial charge is 0.200 e. The molecule has 0 heterocycles. The summed E-state index contributed by atoms with van der Waals surface area (Å²) in [6.07, 6.45) is 0.493. The molecule has 1 aromatic carbocycles. The van der Waals surface area contributed by atoms with Gasteiger partial charge in [0, 0.05) is 5.54 Å². The summed E-state index contributed by atoms with van der Waals surface area (Å²) in [5.41, 5.74) is 6.07. The van der Waals surface area contributed by atoms with E-state index in [0.717, 1.165) is 0 Å². The summed E-state index contributed by atoms with van der Waals surface area (Å²) < 4.78 is 4.93. The van der Waals surface area contributed by atoms with Crippen LogP contribution in [0, 0.1) is 0 Å². The van der Waals surface area contributed by atoms with Crippen molar-refractivity contribution in [1.29, 1.82) is 0 Å². The second-order valence-electron chi connectivity index (χ2n) is 4.26. The number of methoxy groups -OCH3 is 1. The van der Waals surface area contributed by atoms with Crippen molar-refractivity contribution in [3.63, 3.8) is 0 Å². The summed E-state index contributed by atoms with van der Waals surface area (Å²) >= 11 is 0. The molecule has 5 nitrogen and oxygen atoms in total. The summed E-state index contributed by atoms with van der Waals surface area (Å²) in [6.45, 7) is 0. The lowest BCUT2D eigenvalue weighted by Gasteiger charge is -2.42. The van der Waals surface area contributed by atoms with Crippen LogP contribution in [-0.2, 0) is 5.54 Å². The first kappa shape index (κ1) is 11.0. The molecule has 0 spiro atoms. The van der Waals surface area contributed by atoms with Crippen molar-refractivity contribution >= 4 is 0 Å². The quantitative estimate of drug-likeness (QED) is 0.547. The van der Waals surface area contributed by atoms with Gasteiger partial charge >= 0.3 is 0 Å². The van der Waals surface area contributed by atoms with Gasteiger partial charge in [-0.15, -0.1) is 0 Å². The van der Waals surface area contributed by atoms with Gasteiger partial charge in [-0.3, -0.25) is 0 Å². The Kier molecular flexibility index (Phi) is 2.44. The highest BCUT2D eigenvalue weighted by Crippen LogP contribution is 2.45. The third kappa shape index (κ3) is 1.58. The van der Waals surface area contributed by atoms with E-state index in [2.05, 4.69) is 0 Å². The molecule has 2 rings (SSSR count). The van der Waals surface area contributed by atoms with Crippen molar-refractivity contribution in [2.75, 3.05) is 7.11 Å². The van der Waals surface area contributed by atoms with E-state index in [1.54, 1.807) is 6.07 Å². The van der Waals surface area contributed by atoms with Gasteiger partial charge in [-0.05, 0) is 30.5 Å². The topological polar surface area (TPSA) is 95.9 Å². The van der Waals surface area contributed by atoms with Crippen molar-refractivity contribution in [2.45, 2.75) is 24.5 Å². The number of phenolic OH excluding ortho intramolecular Hbond substituents is 2. The van der Waals surface area contributed by atoms with Crippen LogP contribution in [0.25, 0.3) is 0 Å². The largest absolute Gasteiger partial charge is 0.504 e. The number of phenols is 2. The van der Waals surface area contributed by atoms with E-state index in [0.29, 0.717) is 18.4 Å². The third-order valence-electron chi connectivity index (χ3n) is 3.05.